The third-order valence-electron chi connectivity index (χ3n) is 2.85. The number of hydrogen-bond donors (Lipinski definition) is 2. The average molecular weight is 189 g/mol. The molecule has 13 heavy (non-hydrogen) atoms. The SMILES string of the molecule is CO[C@@H]1[C@@H](O)[C@H](C)C[C@H](N)[C@H]1OC. The number of aliphatic hydroxyl groups is 1. The molecule has 0 aromatic rings. The van der Waals surface area contributed by atoms with Crippen LogP contribution in [0.15, 0.2) is 0 Å². The van der Waals surface area contributed by atoms with E-state index in [-0.39, 0.29) is 24.2 Å². The number of nitrogens with two attached hydrogens (primary N) is 1. The van der Waals surface area contributed by atoms with Crippen LogP contribution in [0.25, 0.3) is 0 Å². The van der Waals surface area contributed by atoms with Crippen molar-refractivity contribution in [2.75, 3.05) is 14.2 Å². The molecule has 4 nitrogen and oxygen atoms in total. The Morgan fingerprint density at radius 2 is 1.77 bits per heavy atom. The zero-order valence-electron chi connectivity index (χ0n) is 8.43. The van der Waals surface area contributed by atoms with Gasteiger partial charge in [0, 0.05) is 20.3 Å². The van der Waals surface area contributed by atoms with Crippen molar-refractivity contribution in [1.82, 2.24) is 0 Å². The molecular weight excluding hydrogens is 170 g/mol. The van der Waals surface area contributed by atoms with Crippen LogP contribution in [0.4, 0.5) is 0 Å². The van der Waals surface area contributed by atoms with Crippen LogP contribution < -0.4 is 5.73 Å². The van der Waals surface area contributed by atoms with Gasteiger partial charge in [0.25, 0.3) is 0 Å². The molecule has 0 aromatic carbocycles. The lowest BCUT2D eigenvalue weighted by atomic mass is 9.81. The minimum absolute atomic E-state index is 0.0478. The Morgan fingerprint density at radius 1 is 1.23 bits per heavy atom. The number of rotatable bonds is 2. The summed E-state index contributed by atoms with van der Waals surface area (Å²) >= 11 is 0. The summed E-state index contributed by atoms with van der Waals surface area (Å²) < 4.78 is 10.4. The molecule has 1 aliphatic rings. The van der Waals surface area contributed by atoms with Crippen LogP contribution >= 0.6 is 0 Å². The van der Waals surface area contributed by atoms with Crippen LogP contribution in [-0.4, -0.2) is 43.7 Å². The fourth-order valence-electron chi connectivity index (χ4n) is 2.05. The third kappa shape index (κ3) is 2.02. The van der Waals surface area contributed by atoms with Gasteiger partial charge in [0.2, 0.25) is 0 Å². The minimum atomic E-state index is -0.477. The zero-order valence-corrected chi connectivity index (χ0v) is 8.43. The minimum Gasteiger partial charge on any atom is -0.390 e. The van der Waals surface area contributed by atoms with Crippen LogP contribution in [0, 0.1) is 5.92 Å². The number of aliphatic hydroxyl groups excluding tert-OH is 1. The molecule has 5 atom stereocenters. The summed E-state index contributed by atoms with van der Waals surface area (Å²) in [4.78, 5) is 0. The highest BCUT2D eigenvalue weighted by Crippen LogP contribution is 2.27. The highest BCUT2D eigenvalue weighted by atomic mass is 16.5. The van der Waals surface area contributed by atoms with E-state index < -0.39 is 6.10 Å². The summed E-state index contributed by atoms with van der Waals surface area (Å²) in [5.74, 6) is 0.173. The van der Waals surface area contributed by atoms with Crippen molar-refractivity contribution < 1.29 is 14.6 Å². The maximum atomic E-state index is 9.80. The molecule has 0 aliphatic heterocycles. The second-order valence-electron chi connectivity index (χ2n) is 3.77. The first-order chi connectivity index (χ1) is 6.11. The molecule has 0 radical (unpaired) electrons. The maximum absolute atomic E-state index is 9.80. The molecule has 1 fully saturated rings. The van der Waals surface area contributed by atoms with Gasteiger partial charge in [0.1, 0.15) is 12.2 Å². The summed E-state index contributed by atoms with van der Waals surface area (Å²) in [6.07, 6.45) is -0.200. The van der Waals surface area contributed by atoms with Crippen LogP contribution in [0.5, 0.6) is 0 Å². The van der Waals surface area contributed by atoms with Gasteiger partial charge in [-0.3, -0.25) is 0 Å². The normalized spacial score (nSPS) is 46.4. The molecule has 1 rings (SSSR count). The summed E-state index contributed by atoms with van der Waals surface area (Å²) in [6.45, 7) is 1.97. The van der Waals surface area contributed by atoms with E-state index in [1.807, 2.05) is 6.92 Å². The van der Waals surface area contributed by atoms with Crippen molar-refractivity contribution in [3.63, 3.8) is 0 Å². The summed E-state index contributed by atoms with van der Waals surface area (Å²) in [6, 6.07) is -0.0478. The van der Waals surface area contributed by atoms with Crippen LogP contribution in [0.1, 0.15) is 13.3 Å². The predicted octanol–water partition coefficient (Wildman–Crippen LogP) is -0.256. The lowest BCUT2D eigenvalue weighted by molar-refractivity contribution is -0.141. The number of methoxy groups -OCH3 is 2. The van der Waals surface area contributed by atoms with E-state index in [1.54, 1.807) is 14.2 Å². The van der Waals surface area contributed by atoms with Gasteiger partial charge in [-0.05, 0) is 12.3 Å². The van der Waals surface area contributed by atoms with Crippen molar-refractivity contribution in [3.05, 3.63) is 0 Å². The van der Waals surface area contributed by atoms with Gasteiger partial charge in [-0.15, -0.1) is 0 Å². The molecule has 0 spiro atoms. The molecule has 1 saturated carbocycles. The quantitative estimate of drug-likeness (QED) is 0.628. The molecule has 0 unspecified atom stereocenters. The Balaban J connectivity index is 2.71. The monoisotopic (exact) mass is 189 g/mol. The average Bonchev–Trinajstić information content (AvgIpc) is 2.10. The molecule has 4 heteroatoms. The largest absolute Gasteiger partial charge is 0.390 e. The van der Waals surface area contributed by atoms with Gasteiger partial charge in [0.05, 0.1) is 6.10 Å². The fourth-order valence-corrected chi connectivity index (χ4v) is 2.05. The Hall–Kier alpha value is -0.160. The van der Waals surface area contributed by atoms with Gasteiger partial charge in [-0.1, -0.05) is 6.92 Å². The molecule has 1 aliphatic carbocycles. The first-order valence-corrected chi connectivity index (χ1v) is 4.61. The van der Waals surface area contributed by atoms with Crippen LogP contribution in [0.2, 0.25) is 0 Å². The van der Waals surface area contributed by atoms with Gasteiger partial charge < -0.3 is 20.3 Å². The smallest absolute Gasteiger partial charge is 0.111 e. The molecule has 3 N–H and O–H groups in total. The molecular formula is C9H19NO3. The number of hydrogen-bond acceptors (Lipinski definition) is 4. The Bertz CT molecular complexity index is 165. The van der Waals surface area contributed by atoms with Gasteiger partial charge in [0.15, 0.2) is 0 Å². The van der Waals surface area contributed by atoms with Gasteiger partial charge >= 0.3 is 0 Å². The molecule has 0 bridgehead atoms. The zero-order chi connectivity index (χ0) is 10.0. The second-order valence-corrected chi connectivity index (χ2v) is 3.77. The molecule has 78 valence electrons. The Morgan fingerprint density at radius 3 is 2.23 bits per heavy atom. The Kier molecular flexibility index (Phi) is 3.67. The van der Waals surface area contributed by atoms with Crippen LogP contribution in [0.3, 0.4) is 0 Å². The van der Waals surface area contributed by atoms with Crippen molar-refractivity contribution >= 4 is 0 Å². The topological polar surface area (TPSA) is 64.7 Å². The first-order valence-electron chi connectivity index (χ1n) is 4.61. The van der Waals surface area contributed by atoms with Crippen molar-refractivity contribution in [1.29, 1.82) is 0 Å². The van der Waals surface area contributed by atoms with Gasteiger partial charge in [-0.2, -0.15) is 0 Å². The van der Waals surface area contributed by atoms with Gasteiger partial charge in [-0.25, -0.2) is 0 Å². The lowest BCUT2D eigenvalue weighted by Gasteiger charge is -2.41. The van der Waals surface area contributed by atoms with Crippen molar-refractivity contribution in [2.45, 2.75) is 37.7 Å². The van der Waals surface area contributed by atoms with E-state index >= 15 is 0 Å². The van der Waals surface area contributed by atoms with E-state index in [9.17, 15) is 5.11 Å². The third-order valence-corrected chi connectivity index (χ3v) is 2.85. The Labute approximate surface area is 79.0 Å². The maximum Gasteiger partial charge on any atom is 0.111 e. The second kappa shape index (κ2) is 4.37. The number of ether oxygens (including phenoxy) is 2. The first kappa shape index (κ1) is 10.9. The summed E-state index contributed by atoms with van der Waals surface area (Å²) in [5.41, 5.74) is 5.89. The van der Waals surface area contributed by atoms with E-state index in [1.165, 1.54) is 0 Å². The van der Waals surface area contributed by atoms with E-state index in [2.05, 4.69) is 0 Å². The highest BCUT2D eigenvalue weighted by Gasteiger charge is 2.41. The van der Waals surface area contributed by atoms with Crippen molar-refractivity contribution in [2.24, 2.45) is 11.7 Å². The molecule has 0 saturated heterocycles. The van der Waals surface area contributed by atoms with Crippen molar-refractivity contribution in [3.8, 4) is 0 Å². The molecule has 0 heterocycles. The molecule has 0 amide bonds. The lowest BCUT2D eigenvalue weighted by Crippen LogP contribution is -2.57. The fraction of sp³-hybridized carbons (Fsp3) is 1.00. The predicted molar refractivity (Wildman–Crippen MR) is 49.4 cm³/mol. The van der Waals surface area contributed by atoms with E-state index in [0.29, 0.717) is 0 Å². The molecule has 0 aromatic heterocycles. The van der Waals surface area contributed by atoms with E-state index in [4.69, 9.17) is 15.2 Å². The van der Waals surface area contributed by atoms with Crippen LogP contribution in [-0.2, 0) is 9.47 Å². The highest BCUT2D eigenvalue weighted by molar-refractivity contribution is 4.94. The standard InChI is InChI=1S/C9H19NO3/c1-5-4-6(10)8(12-2)9(13-3)7(5)11/h5-9,11H,4,10H2,1-3H3/t5-,6+,7+,8-,9-/m1/s1. The van der Waals surface area contributed by atoms with E-state index in [0.717, 1.165) is 6.42 Å². The summed E-state index contributed by atoms with van der Waals surface area (Å²) in [7, 11) is 3.17. The summed E-state index contributed by atoms with van der Waals surface area (Å²) in [5, 5.41) is 9.80.